The Bertz CT molecular complexity index is 655. The first kappa shape index (κ1) is 19.1. The monoisotopic (exact) mass is 335 g/mol. The number of nitrogens with one attached hydrogen (secondary N) is 1. The van der Waals surface area contributed by atoms with Gasteiger partial charge in [-0.25, -0.2) is 4.98 Å². The van der Waals surface area contributed by atoms with Gasteiger partial charge in [-0.05, 0) is 32.9 Å². The van der Waals surface area contributed by atoms with Crippen LogP contribution < -0.4 is 10.2 Å². The Morgan fingerprint density at radius 3 is 2.58 bits per heavy atom. The zero-order valence-electron chi connectivity index (χ0n) is 14.4. The number of aromatic nitrogens is 1. The minimum Gasteiger partial charge on any atom is -0.398 e. The van der Waals surface area contributed by atoms with Crippen molar-refractivity contribution in [3.05, 3.63) is 23.9 Å². The highest BCUT2D eigenvalue weighted by atomic mass is 16.6. The minimum atomic E-state index is -0.440. The fourth-order valence-corrected chi connectivity index (χ4v) is 1.47. The van der Waals surface area contributed by atoms with Gasteiger partial charge in [0.2, 0.25) is 0 Å². The van der Waals surface area contributed by atoms with Crippen molar-refractivity contribution in [1.29, 1.82) is 0 Å². The van der Waals surface area contributed by atoms with Gasteiger partial charge in [-0.15, -0.1) is 0 Å². The lowest BCUT2D eigenvalue weighted by molar-refractivity contribution is -0.114. The third-order valence-electron chi connectivity index (χ3n) is 2.77. The van der Waals surface area contributed by atoms with Crippen molar-refractivity contribution in [2.24, 2.45) is 15.5 Å². The molecular weight excluding hydrogens is 314 g/mol. The van der Waals surface area contributed by atoms with Gasteiger partial charge in [0.15, 0.2) is 5.71 Å². The van der Waals surface area contributed by atoms with E-state index in [2.05, 4.69) is 25.8 Å². The molecule has 0 saturated carbocycles. The van der Waals surface area contributed by atoms with Gasteiger partial charge in [0, 0.05) is 13.2 Å². The Kier molecular flexibility index (Phi) is 7.89. The third kappa shape index (κ3) is 5.34. The third-order valence-corrected chi connectivity index (χ3v) is 2.77. The van der Waals surface area contributed by atoms with Crippen LogP contribution in [0.15, 0.2) is 33.8 Å². The Morgan fingerprint density at radius 1 is 1.25 bits per heavy atom. The van der Waals surface area contributed by atoms with E-state index < -0.39 is 5.91 Å². The molecule has 1 amide bonds. The first-order valence-electron chi connectivity index (χ1n) is 7.22. The number of pyridine rings is 1. The number of oxime groups is 3. The molecule has 0 unspecified atom stereocenters. The fraction of sp³-hybridized carbons (Fsp3) is 0.400. The largest absolute Gasteiger partial charge is 0.398 e. The van der Waals surface area contributed by atoms with Crippen molar-refractivity contribution in [1.82, 2.24) is 10.3 Å². The van der Waals surface area contributed by atoms with E-state index in [9.17, 15) is 4.79 Å². The van der Waals surface area contributed by atoms with Gasteiger partial charge in [-0.1, -0.05) is 15.5 Å². The van der Waals surface area contributed by atoms with Gasteiger partial charge in [0.1, 0.15) is 25.1 Å². The van der Waals surface area contributed by atoms with Crippen LogP contribution in [-0.4, -0.2) is 48.8 Å². The van der Waals surface area contributed by atoms with Crippen molar-refractivity contribution in [3.63, 3.8) is 0 Å². The van der Waals surface area contributed by atoms with E-state index in [4.69, 9.17) is 14.5 Å². The number of likely N-dealkylation sites (N-methyl/N-ethyl adjacent to an activating group) is 1. The molecule has 9 nitrogen and oxygen atoms in total. The SMILES string of the molecule is CCO/N=C(C)/C(C)=N/Oc1ncccc1/C(=N\OC)C(=O)NC. The highest BCUT2D eigenvalue weighted by Gasteiger charge is 2.19. The Hall–Kier alpha value is -2.97. The maximum atomic E-state index is 11.9. The highest BCUT2D eigenvalue weighted by Crippen LogP contribution is 2.16. The second-order valence-corrected chi connectivity index (χ2v) is 4.42. The molecule has 0 aliphatic carbocycles. The van der Waals surface area contributed by atoms with E-state index in [0.29, 0.717) is 23.6 Å². The van der Waals surface area contributed by atoms with Gasteiger partial charge in [0.05, 0.1) is 5.56 Å². The lowest BCUT2D eigenvalue weighted by atomic mass is 10.1. The number of carbonyl (C=O) groups is 1. The van der Waals surface area contributed by atoms with E-state index >= 15 is 0 Å². The van der Waals surface area contributed by atoms with Crippen LogP contribution in [0.25, 0.3) is 0 Å². The lowest BCUT2D eigenvalue weighted by Crippen LogP contribution is -2.29. The Morgan fingerprint density at radius 2 is 1.96 bits per heavy atom. The zero-order valence-corrected chi connectivity index (χ0v) is 14.4. The molecule has 130 valence electrons. The molecular formula is C15H21N5O4. The average Bonchev–Trinajstić information content (AvgIpc) is 2.61. The second kappa shape index (κ2) is 9.93. The zero-order chi connectivity index (χ0) is 17.9. The van der Waals surface area contributed by atoms with Crippen molar-refractivity contribution in [3.8, 4) is 5.88 Å². The molecule has 1 heterocycles. The molecule has 24 heavy (non-hydrogen) atoms. The molecule has 1 N–H and O–H groups in total. The minimum absolute atomic E-state index is 0.0238. The van der Waals surface area contributed by atoms with Crippen LogP contribution in [0.5, 0.6) is 5.88 Å². The van der Waals surface area contributed by atoms with E-state index in [1.807, 2.05) is 6.92 Å². The summed E-state index contributed by atoms with van der Waals surface area (Å²) in [5.74, 6) is -0.329. The van der Waals surface area contributed by atoms with Gasteiger partial charge >= 0.3 is 0 Å². The normalized spacial score (nSPS) is 12.6. The van der Waals surface area contributed by atoms with Gasteiger partial charge < -0.3 is 19.8 Å². The van der Waals surface area contributed by atoms with Crippen LogP contribution in [0.1, 0.15) is 26.3 Å². The molecule has 0 aliphatic rings. The maximum Gasteiger partial charge on any atom is 0.273 e. The van der Waals surface area contributed by atoms with E-state index in [1.54, 1.807) is 26.0 Å². The van der Waals surface area contributed by atoms with Crippen molar-refractivity contribution < 1.29 is 19.3 Å². The summed E-state index contributed by atoms with van der Waals surface area (Å²) in [4.78, 5) is 31.0. The summed E-state index contributed by atoms with van der Waals surface area (Å²) in [5.41, 5.74) is 1.43. The van der Waals surface area contributed by atoms with Crippen LogP contribution in [0.3, 0.4) is 0 Å². The number of amides is 1. The number of carbonyl (C=O) groups excluding carboxylic acids is 1. The molecule has 9 heteroatoms. The molecule has 0 aromatic carbocycles. The lowest BCUT2D eigenvalue weighted by Gasteiger charge is -2.08. The van der Waals surface area contributed by atoms with E-state index in [-0.39, 0.29) is 11.6 Å². The number of hydrogen-bond acceptors (Lipinski definition) is 8. The maximum absolute atomic E-state index is 11.9. The molecule has 0 fully saturated rings. The second-order valence-electron chi connectivity index (χ2n) is 4.42. The number of hydrogen-bond donors (Lipinski definition) is 1. The summed E-state index contributed by atoms with van der Waals surface area (Å²) in [7, 11) is 2.83. The molecule has 0 spiro atoms. The van der Waals surface area contributed by atoms with Crippen LogP contribution in [0.4, 0.5) is 0 Å². The van der Waals surface area contributed by atoms with Crippen molar-refractivity contribution >= 4 is 23.0 Å². The average molecular weight is 335 g/mol. The number of rotatable bonds is 8. The first-order valence-corrected chi connectivity index (χ1v) is 7.22. The van der Waals surface area contributed by atoms with Gasteiger partial charge in [0.25, 0.3) is 11.8 Å². The molecule has 0 bridgehead atoms. The molecule has 0 aliphatic heterocycles. The topological polar surface area (TPSA) is 107 Å². The summed E-state index contributed by atoms with van der Waals surface area (Å²) >= 11 is 0. The van der Waals surface area contributed by atoms with Crippen molar-refractivity contribution in [2.45, 2.75) is 20.8 Å². The van der Waals surface area contributed by atoms with E-state index in [0.717, 1.165) is 0 Å². The molecule has 0 radical (unpaired) electrons. The first-order chi connectivity index (χ1) is 11.5. The summed E-state index contributed by atoms with van der Waals surface area (Å²) in [5, 5.41) is 14.0. The predicted octanol–water partition coefficient (Wildman–Crippen LogP) is 1.35. The standard InChI is InChI=1S/C15H21N5O4/c1-6-23-18-10(2)11(3)19-24-15-12(8-7-9-17-15)13(20-22-5)14(21)16-4/h7-9H,6H2,1-5H3,(H,16,21)/b18-10+,19-11+,20-13+. The van der Waals surface area contributed by atoms with Crippen LogP contribution in [-0.2, 0) is 14.5 Å². The Balaban J connectivity index is 3.10. The quantitative estimate of drug-likeness (QED) is 0.570. The number of nitrogens with zero attached hydrogens (tertiary/aromatic N) is 4. The highest BCUT2D eigenvalue weighted by molar-refractivity contribution is 6.45. The van der Waals surface area contributed by atoms with Gasteiger partial charge in [-0.3, -0.25) is 4.79 Å². The van der Waals surface area contributed by atoms with Crippen LogP contribution in [0.2, 0.25) is 0 Å². The summed E-state index contributed by atoms with van der Waals surface area (Å²) in [6, 6.07) is 3.27. The van der Waals surface area contributed by atoms with Crippen LogP contribution >= 0.6 is 0 Å². The van der Waals surface area contributed by atoms with Gasteiger partial charge in [-0.2, -0.15) is 0 Å². The summed E-state index contributed by atoms with van der Waals surface area (Å²) in [6.45, 7) is 5.73. The molecule has 1 rings (SSSR count). The van der Waals surface area contributed by atoms with Crippen molar-refractivity contribution in [2.75, 3.05) is 20.8 Å². The molecule has 0 atom stereocenters. The predicted molar refractivity (Wildman–Crippen MR) is 90.3 cm³/mol. The summed E-state index contributed by atoms with van der Waals surface area (Å²) < 4.78 is 0. The summed E-state index contributed by atoms with van der Waals surface area (Å²) in [6.07, 6.45) is 1.51. The molecule has 0 saturated heterocycles. The fourth-order valence-electron chi connectivity index (χ4n) is 1.47. The Labute approximate surface area is 140 Å². The van der Waals surface area contributed by atoms with E-state index in [1.165, 1.54) is 20.4 Å². The molecule has 1 aromatic rings. The van der Waals surface area contributed by atoms with Crippen LogP contribution in [0, 0.1) is 0 Å². The smallest absolute Gasteiger partial charge is 0.273 e. The molecule has 1 aromatic heterocycles.